The summed E-state index contributed by atoms with van der Waals surface area (Å²) in [4.78, 5) is 12.4. The minimum absolute atomic E-state index is 0.0260. The highest BCUT2D eigenvalue weighted by Crippen LogP contribution is 2.28. The minimum atomic E-state index is -0.824. The summed E-state index contributed by atoms with van der Waals surface area (Å²) in [5.41, 5.74) is 0. The molecule has 1 unspecified atom stereocenters. The van der Waals surface area contributed by atoms with Crippen LogP contribution in [0.2, 0.25) is 0 Å². The van der Waals surface area contributed by atoms with Crippen molar-refractivity contribution >= 4 is 5.97 Å². The molecule has 4 heteroatoms. The predicted octanol–water partition coefficient (Wildman–Crippen LogP) is 1.33. The molecular formula is C12H23NO3. The molecule has 2 N–H and O–H groups in total. The third-order valence-corrected chi connectivity index (χ3v) is 3.36. The van der Waals surface area contributed by atoms with Gasteiger partial charge in [0.25, 0.3) is 0 Å². The Morgan fingerprint density at radius 1 is 1.44 bits per heavy atom. The number of carbonyl (C=O) groups is 1. The first-order valence-electron chi connectivity index (χ1n) is 6.24. The van der Waals surface area contributed by atoms with Gasteiger partial charge in [-0.05, 0) is 18.9 Å². The quantitative estimate of drug-likeness (QED) is 0.691. The average Bonchev–Trinajstić information content (AvgIpc) is 2.68. The molecule has 1 fully saturated rings. The maximum atomic E-state index is 10.6. The van der Waals surface area contributed by atoms with E-state index in [9.17, 15) is 9.90 Å². The Balaban J connectivity index is 2.24. The van der Waals surface area contributed by atoms with Crippen LogP contribution in [0.15, 0.2) is 0 Å². The second kappa shape index (κ2) is 6.86. The second-order valence-electron chi connectivity index (χ2n) is 4.76. The smallest absolute Gasteiger partial charge is 0.317 e. The van der Waals surface area contributed by atoms with Crippen LogP contribution in [0.5, 0.6) is 0 Å². The minimum Gasteiger partial charge on any atom is -0.480 e. The summed E-state index contributed by atoms with van der Waals surface area (Å²) in [5.74, 6) is -0.173. The van der Waals surface area contributed by atoms with Crippen LogP contribution in [0.1, 0.15) is 39.0 Å². The van der Waals surface area contributed by atoms with Crippen LogP contribution < -0.4 is 0 Å². The molecule has 0 aliphatic heterocycles. The Morgan fingerprint density at radius 2 is 2.06 bits per heavy atom. The normalized spacial score (nSPS) is 19.2. The van der Waals surface area contributed by atoms with Crippen molar-refractivity contribution in [1.82, 2.24) is 4.90 Å². The number of aliphatic carboxylic acids is 1. The molecule has 16 heavy (non-hydrogen) atoms. The molecule has 0 aromatic carbocycles. The number of likely N-dealkylation sites (N-methyl/N-ethyl adjacent to an activating group) is 1. The Bertz CT molecular complexity index is 214. The number of aliphatic hydroxyl groups excluding tert-OH is 1. The lowest BCUT2D eigenvalue weighted by molar-refractivity contribution is -0.138. The van der Waals surface area contributed by atoms with Crippen LogP contribution >= 0.6 is 0 Å². The van der Waals surface area contributed by atoms with Crippen molar-refractivity contribution in [3.63, 3.8) is 0 Å². The summed E-state index contributed by atoms with van der Waals surface area (Å²) in [6.45, 7) is 3.11. The number of aliphatic hydroxyl groups is 1. The van der Waals surface area contributed by atoms with Crippen molar-refractivity contribution in [2.24, 2.45) is 5.92 Å². The molecule has 0 spiro atoms. The fraction of sp³-hybridized carbons (Fsp3) is 0.917. The highest BCUT2D eigenvalue weighted by Gasteiger charge is 2.20. The molecule has 0 radical (unpaired) electrons. The van der Waals surface area contributed by atoms with Gasteiger partial charge in [0.2, 0.25) is 0 Å². The van der Waals surface area contributed by atoms with E-state index >= 15 is 0 Å². The van der Waals surface area contributed by atoms with Gasteiger partial charge >= 0.3 is 5.97 Å². The molecule has 0 bridgehead atoms. The molecule has 1 atom stereocenters. The summed E-state index contributed by atoms with van der Waals surface area (Å²) in [5, 5.41) is 18.6. The van der Waals surface area contributed by atoms with Gasteiger partial charge in [-0.25, -0.2) is 0 Å². The zero-order valence-electron chi connectivity index (χ0n) is 10.1. The molecule has 1 saturated carbocycles. The van der Waals surface area contributed by atoms with Crippen molar-refractivity contribution in [3.05, 3.63) is 0 Å². The molecular weight excluding hydrogens is 206 g/mol. The Hall–Kier alpha value is -0.610. The molecule has 0 aromatic rings. The number of nitrogens with zero attached hydrogens (tertiary/aromatic N) is 1. The number of rotatable bonds is 7. The molecule has 0 aromatic heterocycles. The SMILES string of the molecule is CCN(CC(=O)O)CC(O)CC1CCCC1. The largest absolute Gasteiger partial charge is 0.480 e. The first kappa shape index (κ1) is 13.5. The Labute approximate surface area is 97.3 Å². The lowest BCUT2D eigenvalue weighted by atomic mass is 10.00. The summed E-state index contributed by atoms with van der Waals surface area (Å²) in [7, 11) is 0. The first-order valence-corrected chi connectivity index (χ1v) is 6.24. The van der Waals surface area contributed by atoms with Crippen LogP contribution in [0.3, 0.4) is 0 Å². The Morgan fingerprint density at radius 3 is 2.56 bits per heavy atom. The van der Waals surface area contributed by atoms with E-state index < -0.39 is 5.97 Å². The molecule has 0 heterocycles. The van der Waals surface area contributed by atoms with E-state index in [0.29, 0.717) is 19.0 Å². The first-order chi connectivity index (χ1) is 7.61. The van der Waals surface area contributed by atoms with Gasteiger partial charge in [0, 0.05) is 6.54 Å². The topological polar surface area (TPSA) is 60.8 Å². The van der Waals surface area contributed by atoms with Gasteiger partial charge in [-0.15, -0.1) is 0 Å². The van der Waals surface area contributed by atoms with Crippen molar-refractivity contribution in [2.45, 2.75) is 45.1 Å². The molecule has 94 valence electrons. The van der Waals surface area contributed by atoms with Crippen molar-refractivity contribution in [1.29, 1.82) is 0 Å². The number of carboxylic acid groups (broad SMARTS) is 1. The van der Waals surface area contributed by atoms with E-state index in [1.165, 1.54) is 25.7 Å². The fourth-order valence-electron chi connectivity index (χ4n) is 2.50. The van der Waals surface area contributed by atoms with E-state index in [0.717, 1.165) is 6.42 Å². The molecule has 0 amide bonds. The van der Waals surface area contributed by atoms with Crippen LogP contribution in [-0.2, 0) is 4.79 Å². The van der Waals surface area contributed by atoms with E-state index in [4.69, 9.17) is 5.11 Å². The van der Waals surface area contributed by atoms with Gasteiger partial charge in [0.1, 0.15) is 0 Å². The monoisotopic (exact) mass is 229 g/mol. The van der Waals surface area contributed by atoms with Gasteiger partial charge in [0.15, 0.2) is 0 Å². The van der Waals surface area contributed by atoms with Crippen molar-refractivity contribution in [2.75, 3.05) is 19.6 Å². The number of carboxylic acids is 1. The fourth-order valence-corrected chi connectivity index (χ4v) is 2.50. The maximum Gasteiger partial charge on any atom is 0.317 e. The van der Waals surface area contributed by atoms with Crippen LogP contribution in [0.4, 0.5) is 0 Å². The van der Waals surface area contributed by atoms with Gasteiger partial charge in [0.05, 0.1) is 12.6 Å². The van der Waals surface area contributed by atoms with Crippen LogP contribution in [-0.4, -0.2) is 46.8 Å². The zero-order chi connectivity index (χ0) is 12.0. The standard InChI is InChI=1S/C12H23NO3/c1-2-13(9-12(15)16)8-11(14)7-10-5-3-4-6-10/h10-11,14H,2-9H2,1H3,(H,15,16). The maximum absolute atomic E-state index is 10.6. The lowest BCUT2D eigenvalue weighted by Gasteiger charge is -2.23. The zero-order valence-corrected chi connectivity index (χ0v) is 10.1. The van der Waals surface area contributed by atoms with Gasteiger partial charge in [-0.3, -0.25) is 9.69 Å². The van der Waals surface area contributed by atoms with E-state index in [1.807, 2.05) is 6.92 Å². The summed E-state index contributed by atoms with van der Waals surface area (Å²) in [6.07, 6.45) is 5.47. The van der Waals surface area contributed by atoms with E-state index in [1.54, 1.807) is 4.90 Å². The highest BCUT2D eigenvalue weighted by molar-refractivity contribution is 5.69. The highest BCUT2D eigenvalue weighted by atomic mass is 16.4. The summed E-state index contributed by atoms with van der Waals surface area (Å²) >= 11 is 0. The van der Waals surface area contributed by atoms with Crippen molar-refractivity contribution in [3.8, 4) is 0 Å². The van der Waals surface area contributed by atoms with E-state index in [-0.39, 0.29) is 12.6 Å². The Kier molecular flexibility index (Phi) is 5.77. The third kappa shape index (κ3) is 4.94. The van der Waals surface area contributed by atoms with Crippen molar-refractivity contribution < 1.29 is 15.0 Å². The van der Waals surface area contributed by atoms with E-state index in [2.05, 4.69) is 0 Å². The van der Waals surface area contributed by atoms with Gasteiger partial charge in [-0.2, -0.15) is 0 Å². The number of hydrogen-bond acceptors (Lipinski definition) is 3. The van der Waals surface area contributed by atoms with Crippen LogP contribution in [0, 0.1) is 5.92 Å². The number of hydrogen-bond donors (Lipinski definition) is 2. The van der Waals surface area contributed by atoms with Crippen LogP contribution in [0.25, 0.3) is 0 Å². The van der Waals surface area contributed by atoms with Gasteiger partial charge < -0.3 is 10.2 Å². The third-order valence-electron chi connectivity index (χ3n) is 3.36. The lowest BCUT2D eigenvalue weighted by Crippen LogP contribution is -2.36. The second-order valence-corrected chi connectivity index (χ2v) is 4.76. The molecule has 1 aliphatic rings. The van der Waals surface area contributed by atoms with Gasteiger partial charge in [-0.1, -0.05) is 32.6 Å². The summed E-state index contributed by atoms with van der Waals surface area (Å²) < 4.78 is 0. The molecule has 1 rings (SSSR count). The predicted molar refractivity (Wildman–Crippen MR) is 62.3 cm³/mol. The molecule has 4 nitrogen and oxygen atoms in total. The molecule has 0 saturated heterocycles. The molecule has 1 aliphatic carbocycles. The average molecular weight is 229 g/mol. The summed E-state index contributed by atoms with van der Waals surface area (Å²) in [6, 6.07) is 0.